The molecule has 0 radical (unpaired) electrons. The van der Waals surface area contributed by atoms with E-state index in [1.165, 1.54) is 11.1 Å². The predicted molar refractivity (Wildman–Crippen MR) is 78.8 cm³/mol. The van der Waals surface area contributed by atoms with Crippen LogP contribution < -0.4 is 5.46 Å². The van der Waals surface area contributed by atoms with Crippen molar-refractivity contribution in [2.75, 3.05) is 0 Å². The summed E-state index contributed by atoms with van der Waals surface area (Å²) in [5.41, 5.74) is 2.96. The van der Waals surface area contributed by atoms with E-state index in [-0.39, 0.29) is 18.3 Å². The van der Waals surface area contributed by atoms with Crippen molar-refractivity contribution in [2.24, 2.45) is 0 Å². The lowest BCUT2D eigenvalue weighted by atomic mass is 9.80. The van der Waals surface area contributed by atoms with E-state index < -0.39 is 0 Å². The van der Waals surface area contributed by atoms with Gasteiger partial charge in [-0.25, -0.2) is 0 Å². The van der Waals surface area contributed by atoms with E-state index in [1.807, 2.05) is 0 Å². The third-order valence-corrected chi connectivity index (χ3v) is 4.32. The van der Waals surface area contributed by atoms with E-state index >= 15 is 0 Å². The minimum atomic E-state index is -0.291. The van der Waals surface area contributed by atoms with Gasteiger partial charge >= 0.3 is 7.12 Å². The average Bonchev–Trinajstić information content (AvgIpc) is 2.76. The van der Waals surface area contributed by atoms with Gasteiger partial charge in [0.1, 0.15) is 0 Å². The summed E-state index contributed by atoms with van der Waals surface area (Å²) in [7, 11) is -0.290. The second-order valence-corrected chi connectivity index (χ2v) is 6.19. The van der Waals surface area contributed by atoms with Crippen molar-refractivity contribution >= 4 is 12.6 Å². The maximum Gasteiger partial charge on any atom is 0.494 e. The van der Waals surface area contributed by atoms with Gasteiger partial charge in [-0.15, -0.1) is 0 Å². The highest BCUT2D eigenvalue weighted by Crippen LogP contribution is 2.36. The zero-order valence-corrected chi connectivity index (χ0v) is 11.9. The topological polar surface area (TPSA) is 18.5 Å². The lowest BCUT2D eigenvalue weighted by molar-refractivity contribution is 0.00578. The smallest absolute Gasteiger partial charge is 0.399 e. The van der Waals surface area contributed by atoms with Gasteiger partial charge in [0, 0.05) is 0 Å². The monoisotopic (exact) mass is 254 g/mol. The summed E-state index contributed by atoms with van der Waals surface area (Å²) >= 11 is 0. The Balaban J connectivity index is 1.96. The van der Waals surface area contributed by atoms with E-state index in [4.69, 9.17) is 9.31 Å². The van der Waals surface area contributed by atoms with E-state index in [0.29, 0.717) is 0 Å². The van der Waals surface area contributed by atoms with Crippen LogP contribution in [0.4, 0.5) is 0 Å². The van der Waals surface area contributed by atoms with E-state index in [2.05, 4.69) is 70.2 Å². The molecule has 0 bridgehead atoms. The average molecular weight is 254 g/mol. The molecular formula is C16H19BO2. The maximum atomic E-state index is 6.07. The van der Waals surface area contributed by atoms with Gasteiger partial charge in [0.2, 0.25) is 0 Å². The number of hydrogen-bond donors (Lipinski definition) is 0. The fourth-order valence-corrected chi connectivity index (χ4v) is 2.32. The lowest BCUT2D eigenvalue weighted by Crippen LogP contribution is -2.41. The molecule has 1 aliphatic heterocycles. The minimum Gasteiger partial charge on any atom is -0.399 e. The number of fused-ring (bicyclic) bond motifs is 1. The Morgan fingerprint density at radius 1 is 0.737 bits per heavy atom. The van der Waals surface area contributed by atoms with Gasteiger partial charge < -0.3 is 9.31 Å². The SMILES string of the molecule is CC1(C)OB(c2ccc3cccc-3cc2)OC1(C)C. The van der Waals surface area contributed by atoms with Gasteiger partial charge in [-0.1, -0.05) is 42.5 Å². The molecule has 0 aromatic carbocycles. The first-order valence-electron chi connectivity index (χ1n) is 6.73. The van der Waals surface area contributed by atoms with Crippen LogP contribution in [0.1, 0.15) is 27.7 Å². The van der Waals surface area contributed by atoms with Crippen molar-refractivity contribution in [1.29, 1.82) is 0 Å². The lowest BCUT2D eigenvalue weighted by Gasteiger charge is -2.32. The third kappa shape index (κ3) is 2.07. The molecule has 1 heterocycles. The highest BCUT2D eigenvalue weighted by Gasteiger charge is 2.51. The molecular weight excluding hydrogens is 235 g/mol. The molecule has 0 N–H and O–H groups in total. The van der Waals surface area contributed by atoms with Gasteiger partial charge in [-0.2, -0.15) is 0 Å². The normalized spacial score (nSPS) is 20.9. The van der Waals surface area contributed by atoms with Crippen LogP contribution in [0.25, 0.3) is 11.1 Å². The van der Waals surface area contributed by atoms with Crippen molar-refractivity contribution in [3.05, 3.63) is 42.5 Å². The van der Waals surface area contributed by atoms with Crippen LogP contribution in [-0.2, 0) is 9.31 Å². The van der Waals surface area contributed by atoms with Crippen molar-refractivity contribution in [2.45, 2.75) is 38.9 Å². The highest BCUT2D eigenvalue weighted by atomic mass is 16.7. The predicted octanol–water partition coefficient (Wildman–Crippen LogP) is 3.09. The molecule has 0 atom stereocenters. The number of rotatable bonds is 1. The maximum absolute atomic E-state index is 6.07. The quantitative estimate of drug-likeness (QED) is 0.728. The van der Waals surface area contributed by atoms with Crippen molar-refractivity contribution in [3.63, 3.8) is 0 Å². The Morgan fingerprint density at radius 2 is 1.21 bits per heavy atom. The van der Waals surface area contributed by atoms with Crippen LogP contribution in [0, 0.1) is 0 Å². The molecule has 0 amide bonds. The van der Waals surface area contributed by atoms with Crippen LogP contribution in [0.3, 0.4) is 0 Å². The summed E-state index contributed by atoms with van der Waals surface area (Å²) in [6.45, 7) is 8.30. The van der Waals surface area contributed by atoms with Crippen LogP contribution in [-0.4, -0.2) is 18.3 Å². The first-order chi connectivity index (χ1) is 8.89. The first kappa shape index (κ1) is 12.7. The highest BCUT2D eigenvalue weighted by molar-refractivity contribution is 6.62. The van der Waals surface area contributed by atoms with Gasteiger partial charge in [0.25, 0.3) is 0 Å². The molecule has 3 heteroatoms. The first-order valence-corrected chi connectivity index (χ1v) is 6.73. The van der Waals surface area contributed by atoms with Gasteiger partial charge in [-0.3, -0.25) is 0 Å². The Hall–Kier alpha value is -1.32. The van der Waals surface area contributed by atoms with Crippen LogP contribution in [0.15, 0.2) is 42.5 Å². The second kappa shape index (κ2) is 4.09. The molecule has 0 aromatic rings. The van der Waals surface area contributed by atoms with Gasteiger partial charge in [0.05, 0.1) is 11.2 Å². The molecule has 0 unspecified atom stereocenters. The zero-order valence-electron chi connectivity index (χ0n) is 11.9. The third-order valence-electron chi connectivity index (χ3n) is 4.32. The largest absolute Gasteiger partial charge is 0.494 e. The Bertz CT molecular complexity index is 530. The van der Waals surface area contributed by atoms with Crippen molar-refractivity contribution < 1.29 is 9.31 Å². The van der Waals surface area contributed by atoms with Crippen LogP contribution >= 0.6 is 0 Å². The fraction of sp³-hybridized carbons (Fsp3) is 0.375. The molecule has 0 saturated carbocycles. The fourth-order valence-electron chi connectivity index (χ4n) is 2.32. The molecule has 1 fully saturated rings. The molecule has 3 rings (SSSR count). The Labute approximate surface area is 115 Å². The van der Waals surface area contributed by atoms with Crippen LogP contribution in [0.2, 0.25) is 0 Å². The summed E-state index contributed by atoms with van der Waals surface area (Å²) in [5, 5.41) is 0. The van der Waals surface area contributed by atoms with Crippen molar-refractivity contribution in [1.82, 2.24) is 0 Å². The summed E-state index contributed by atoms with van der Waals surface area (Å²) in [6, 6.07) is 14.7. The summed E-state index contributed by atoms with van der Waals surface area (Å²) in [5.74, 6) is 0. The number of hydrogen-bond acceptors (Lipinski definition) is 2. The molecule has 0 spiro atoms. The Morgan fingerprint density at radius 3 is 1.68 bits per heavy atom. The molecule has 3 aliphatic rings. The van der Waals surface area contributed by atoms with Crippen molar-refractivity contribution in [3.8, 4) is 11.1 Å². The van der Waals surface area contributed by atoms with E-state index in [0.717, 1.165) is 5.46 Å². The molecule has 2 nitrogen and oxygen atoms in total. The molecule has 2 aliphatic carbocycles. The summed E-state index contributed by atoms with van der Waals surface area (Å²) < 4.78 is 12.1. The second-order valence-electron chi connectivity index (χ2n) is 6.19. The molecule has 1 saturated heterocycles. The Kier molecular flexibility index (Phi) is 2.73. The standard InChI is InChI=1S/C16H19BO2/c1-15(2)16(3,4)19-17(18-15)14-10-8-12-6-5-7-13(12)9-11-14/h5-11H,1-4H3. The molecule has 0 aromatic heterocycles. The van der Waals surface area contributed by atoms with E-state index in [9.17, 15) is 0 Å². The zero-order chi connectivity index (χ0) is 13.7. The molecule has 98 valence electrons. The van der Waals surface area contributed by atoms with E-state index in [1.54, 1.807) is 0 Å². The minimum absolute atomic E-state index is 0.290. The van der Waals surface area contributed by atoms with Gasteiger partial charge in [-0.05, 0) is 44.3 Å². The van der Waals surface area contributed by atoms with Crippen LogP contribution in [0.5, 0.6) is 0 Å². The summed E-state index contributed by atoms with van der Waals surface area (Å²) in [6.07, 6.45) is 0. The summed E-state index contributed by atoms with van der Waals surface area (Å²) in [4.78, 5) is 0. The molecule has 19 heavy (non-hydrogen) atoms. The van der Waals surface area contributed by atoms with Gasteiger partial charge in [0.15, 0.2) is 0 Å².